The van der Waals surface area contributed by atoms with Crippen molar-refractivity contribution in [1.82, 2.24) is 5.32 Å². The standard InChI is InChI=1S/C18H15BrN2O2/c19-15-10-5-9-14(12-15)18(23)21-16(17(20)22)11-4-8-13-6-2-1-3-7-13/h1-12H,(H2,20,22)(H,21,23). The number of hydrogen-bond acceptors (Lipinski definition) is 2. The van der Waals surface area contributed by atoms with Gasteiger partial charge >= 0.3 is 0 Å². The van der Waals surface area contributed by atoms with Crippen LogP contribution in [0.25, 0.3) is 6.08 Å². The van der Waals surface area contributed by atoms with E-state index in [2.05, 4.69) is 21.2 Å². The van der Waals surface area contributed by atoms with Crippen LogP contribution in [0.1, 0.15) is 15.9 Å². The van der Waals surface area contributed by atoms with Crippen molar-refractivity contribution in [2.45, 2.75) is 0 Å². The Kier molecular flexibility index (Phi) is 5.88. The fourth-order valence-electron chi connectivity index (χ4n) is 1.83. The molecule has 0 saturated carbocycles. The summed E-state index contributed by atoms with van der Waals surface area (Å²) in [6.07, 6.45) is 4.95. The van der Waals surface area contributed by atoms with Crippen LogP contribution in [0.5, 0.6) is 0 Å². The van der Waals surface area contributed by atoms with E-state index in [0.29, 0.717) is 5.56 Å². The molecule has 0 heterocycles. The zero-order valence-electron chi connectivity index (χ0n) is 12.2. The topological polar surface area (TPSA) is 72.2 Å². The quantitative estimate of drug-likeness (QED) is 0.626. The molecule has 0 spiro atoms. The second kappa shape index (κ2) is 8.10. The van der Waals surface area contributed by atoms with Gasteiger partial charge in [-0.1, -0.05) is 64.5 Å². The van der Waals surface area contributed by atoms with E-state index < -0.39 is 11.8 Å². The average Bonchev–Trinajstić information content (AvgIpc) is 2.54. The highest BCUT2D eigenvalue weighted by Crippen LogP contribution is 2.12. The summed E-state index contributed by atoms with van der Waals surface area (Å²) >= 11 is 3.30. The Morgan fingerprint density at radius 2 is 1.78 bits per heavy atom. The van der Waals surface area contributed by atoms with Crippen molar-refractivity contribution in [3.63, 3.8) is 0 Å². The largest absolute Gasteiger partial charge is 0.364 e. The van der Waals surface area contributed by atoms with Gasteiger partial charge in [0.1, 0.15) is 5.70 Å². The molecule has 0 fully saturated rings. The van der Waals surface area contributed by atoms with Crippen molar-refractivity contribution in [2.24, 2.45) is 5.73 Å². The van der Waals surface area contributed by atoms with Crippen LogP contribution < -0.4 is 11.1 Å². The summed E-state index contributed by atoms with van der Waals surface area (Å²) in [4.78, 5) is 23.6. The summed E-state index contributed by atoms with van der Waals surface area (Å²) in [5, 5.41) is 2.52. The van der Waals surface area contributed by atoms with Gasteiger partial charge in [0.05, 0.1) is 0 Å². The minimum absolute atomic E-state index is 0.0298. The van der Waals surface area contributed by atoms with E-state index in [1.807, 2.05) is 42.5 Å². The Labute approximate surface area is 142 Å². The van der Waals surface area contributed by atoms with Gasteiger partial charge in [-0.3, -0.25) is 9.59 Å². The minimum atomic E-state index is -0.703. The van der Waals surface area contributed by atoms with Gasteiger partial charge in [-0.15, -0.1) is 0 Å². The number of allylic oxidation sites excluding steroid dienone is 2. The minimum Gasteiger partial charge on any atom is -0.364 e. The number of nitrogens with two attached hydrogens (primary N) is 1. The summed E-state index contributed by atoms with van der Waals surface area (Å²) in [6, 6.07) is 16.4. The third kappa shape index (κ3) is 5.23. The second-order valence-corrected chi connectivity index (χ2v) is 5.59. The van der Waals surface area contributed by atoms with Gasteiger partial charge in [0.15, 0.2) is 0 Å². The molecule has 0 bridgehead atoms. The molecule has 23 heavy (non-hydrogen) atoms. The normalized spacial score (nSPS) is 11.4. The molecule has 0 atom stereocenters. The van der Waals surface area contributed by atoms with Gasteiger partial charge in [0.2, 0.25) is 0 Å². The molecule has 0 aromatic heterocycles. The van der Waals surface area contributed by atoms with Crippen molar-refractivity contribution in [2.75, 3.05) is 0 Å². The first-order valence-corrected chi connectivity index (χ1v) is 7.65. The number of amides is 2. The number of nitrogens with one attached hydrogen (secondary N) is 1. The molecule has 2 aromatic carbocycles. The number of primary amides is 1. The first kappa shape index (κ1) is 16.7. The van der Waals surface area contributed by atoms with Crippen LogP contribution in [0.2, 0.25) is 0 Å². The lowest BCUT2D eigenvalue weighted by Gasteiger charge is -2.06. The van der Waals surface area contributed by atoms with Crippen molar-refractivity contribution >= 4 is 33.8 Å². The number of rotatable bonds is 5. The van der Waals surface area contributed by atoms with Gasteiger partial charge < -0.3 is 11.1 Å². The summed E-state index contributed by atoms with van der Waals surface area (Å²) in [6.45, 7) is 0. The molecule has 4 nitrogen and oxygen atoms in total. The van der Waals surface area contributed by atoms with E-state index in [0.717, 1.165) is 10.0 Å². The first-order chi connectivity index (χ1) is 11.1. The van der Waals surface area contributed by atoms with Crippen LogP contribution >= 0.6 is 15.9 Å². The first-order valence-electron chi connectivity index (χ1n) is 6.86. The predicted octanol–water partition coefficient (Wildman–Crippen LogP) is 3.26. The number of halogens is 1. The van der Waals surface area contributed by atoms with E-state index in [-0.39, 0.29) is 5.70 Å². The molecule has 0 saturated heterocycles. The van der Waals surface area contributed by atoms with E-state index >= 15 is 0 Å². The fourth-order valence-corrected chi connectivity index (χ4v) is 2.23. The van der Waals surface area contributed by atoms with Crippen molar-refractivity contribution < 1.29 is 9.59 Å². The molecule has 116 valence electrons. The second-order valence-electron chi connectivity index (χ2n) is 4.68. The molecule has 0 aliphatic carbocycles. The molecule has 2 aromatic rings. The Morgan fingerprint density at radius 3 is 2.43 bits per heavy atom. The highest BCUT2D eigenvalue weighted by atomic mass is 79.9. The lowest BCUT2D eigenvalue weighted by atomic mass is 10.2. The number of benzene rings is 2. The number of carbonyl (C=O) groups excluding carboxylic acids is 2. The van der Waals surface area contributed by atoms with Crippen molar-refractivity contribution in [1.29, 1.82) is 0 Å². The molecule has 0 radical (unpaired) electrons. The number of hydrogen-bond donors (Lipinski definition) is 2. The van der Waals surface area contributed by atoms with Gasteiger partial charge in [-0.25, -0.2) is 0 Å². The third-order valence-electron chi connectivity index (χ3n) is 2.95. The lowest BCUT2D eigenvalue weighted by Crippen LogP contribution is -2.31. The maximum atomic E-state index is 12.1. The van der Waals surface area contributed by atoms with Crippen molar-refractivity contribution in [3.05, 3.63) is 88.0 Å². The van der Waals surface area contributed by atoms with Crippen LogP contribution in [-0.4, -0.2) is 11.8 Å². The molecule has 0 aliphatic rings. The molecular formula is C18H15BrN2O2. The van der Waals surface area contributed by atoms with E-state index in [9.17, 15) is 9.59 Å². The zero-order valence-corrected chi connectivity index (χ0v) is 13.8. The maximum Gasteiger partial charge on any atom is 0.265 e. The highest BCUT2D eigenvalue weighted by molar-refractivity contribution is 9.10. The monoisotopic (exact) mass is 370 g/mol. The van der Waals surface area contributed by atoms with Crippen LogP contribution in [-0.2, 0) is 4.79 Å². The van der Waals surface area contributed by atoms with E-state index in [4.69, 9.17) is 5.73 Å². The molecule has 2 amide bonds. The van der Waals surface area contributed by atoms with E-state index in [1.54, 1.807) is 24.3 Å². The van der Waals surface area contributed by atoms with Gasteiger partial charge in [-0.2, -0.15) is 0 Å². The molecule has 0 unspecified atom stereocenters. The summed E-state index contributed by atoms with van der Waals surface area (Å²) < 4.78 is 0.777. The third-order valence-corrected chi connectivity index (χ3v) is 3.44. The summed E-state index contributed by atoms with van der Waals surface area (Å²) in [5.41, 5.74) is 6.74. The fraction of sp³-hybridized carbons (Fsp3) is 0. The molecule has 2 rings (SSSR count). The van der Waals surface area contributed by atoms with E-state index in [1.165, 1.54) is 6.08 Å². The Bertz CT molecular complexity index is 768. The molecule has 0 aliphatic heterocycles. The van der Waals surface area contributed by atoms with Crippen molar-refractivity contribution in [3.8, 4) is 0 Å². The predicted molar refractivity (Wildman–Crippen MR) is 94.4 cm³/mol. The lowest BCUT2D eigenvalue weighted by molar-refractivity contribution is -0.114. The Morgan fingerprint density at radius 1 is 1.04 bits per heavy atom. The Balaban J connectivity index is 2.12. The summed E-state index contributed by atoms with van der Waals surface area (Å²) in [7, 11) is 0. The average molecular weight is 371 g/mol. The molecular weight excluding hydrogens is 356 g/mol. The van der Waals surface area contributed by atoms with Gasteiger partial charge in [0, 0.05) is 10.0 Å². The number of carbonyl (C=O) groups is 2. The smallest absolute Gasteiger partial charge is 0.265 e. The van der Waals surface area contributed by atoms with Gasteiger partial charge in [0.25, 0.3) is 11.8 Å². The summed E-state index contributed by atoms with van der Waals surface area (Å²) in [5.74, 6) is -1.10. The van der Waals surface area contributed by atoms with Crippen LogP contribution in [0.4, 0.5) is 0 Å². The van der Waals surface area contributed by atoms with Crippen LogP contribution in [0, 0.1) is 0 Å². The van der Waals surface area contributed by atoms with Crippen LogP contribution in [0.3, 0.4) is 0 Å². The maximum absolute atomic E-state index is 12.1. The zero-order chi connectivity index (χ0) is 16.7. The molecule has 5 heteroatoms. The van der Waals surface area contributed by atoms with Crippen LogP contribution in [0.15, 0.2) is 76.9 Å². The highest BCUT2D eigenvalue weighted by Gasteiger charge is 2.11. The molecule has 3 N–H and O–H groups in total. The van der Waals surface area contributed by atoms with Gasteiger partial charge in [-0.05, 0) is 29.8 Å². The SMILES string of the molecule is NC(=O)C(=CC=Cc1ccccc1)NC(=O)c1cccc(Br)c1. The Hall–Kier alpha value is -2.66.